The van der Waals surface area contributed by atoms with Crippen LogP contribution in [-0.4, -0.2) is 40.4 Å². The number of likely N-dealkylation sites (tertiary alicyclic amines) is 1. The van der Waals surface area contributed by atoms with Gasteiger partial charge in [0, 0.05) is 37.7 Å². The zero-order chi connectivity index (χ0) is 21.6. The van der Waals surface area contributed by atoms with E-state index in [4.69, 9.17) is 0 Å². The number of nitriles is 1. The Kier molecular flexibility index (Phi) is 6.48. The van der Waals surface area contributed by atoms with Crippen LogP contribution in [0.1, 0.15) is 30.5 Å². The molecule has 0 spiro atoms. The SMILES string of the molecule is N#CC(=C1NC(c2ccc(F)cc2)=CS1)c1ccnc(NCCCN2CCCC2=O)n1. The average Bonchev–Trinajstić information content (AvgIpc) is 3.42. The predicted molar refractivity (Wildman–Crippen MR) is 119 cm³/mol. The maximum Gasteiger partial charge on any atom is 0.223 e. The molecule has 1 aromatic carbocycles. The van der Waals surface area contributed by atoms with E-state index in [1.807, 2.05) is 10.3 Å². The number of benzene rings is 1. The quantitative estimate of drug-likeness (QED) is 0.506. The number of hydrogen-bond donors (Lipinski definition) is 2. The van der Waals surface area contributed by atoms with Crippen LogP contribution in [0.3, 0.4) is 0 Å². The van der Waals surface area contributed by atoms with E-state index in [-0.39, 0.29) is 11.7 Å². The van der Waals surface area contributed by atoms with Gasteiger partial charge < -0.3 is 15.5 Å². The molecule has 1 amide bonds. The Morgan fingerprint density at radius 1 is 1.32 bits per heavy atom. The van der Waals surface area contributed by atoms with Crippen LogP contribution in [0.4, 0.5) is 10.3 Å². The Morgan fingerprint density at radius 2 is 2.16 bits per heavy atom. The summed E-state index contributed by atoms with van der Waals surface area (Å²) in [5, 5.41) is 18.7. The van der Waals surface area contributed by atoms with Gasteiger partial charge in [-0.25, -0.2) is 14.4 Å². The van der Waals surface area contributed by atoms with Gasteiger partial charge in [0.15, 0.2) is 0 Å². The molecule has 3 heterocycles. The molecular weight excluding hydrogens is 415 g/mol. The van der Waals surface area contributed by atoms with Crippen molar-refractivity contribution in [3.8, 4) is 6.07 Å². The summed E-state index contributed by atoms with van der Waals surface area (Å²) in [6.07, 6.45) is 4.00. The minimum absolute atomic E-state index is 0.221. The van der Waals surface area contributed by atoms with Gasteiger partial charge in [-0.1, -0.05) is 11.8 Å². The van der Waals surface area contributed by atoms with Crippen LogP contribution >= 0.6 is 11.8 Å². The second-order valence-electron chi connectivity index (χ2n) is 7.13. The highest BCUT2D eigenvalue weighted by molar-refractivity contribution is 8.06. The van der Waals surface area contributed by atoms with Crippen molar-refractivity contribution in [1.29, 1.82) is 5.26 Å². The van der Waals surface area contributed by atoms with Gasteiger partial charge in [-0.3, -0.25) is 4.79 Å². The number of hydrogen-bond acceptors (Lipinski definition) is 7. The number of carbonyl (C=O) groups excluding carboxylic acids is 1. The minimum Gasteiger partial charge on any atom is -0.354 e. The van der Waals surface area contributed by atoms with Crippen molar-refractivity contribution >= 4 is 34.9 Å². The summed E-state index contributed by atoms with van der Waals surface area (Å²) in [5.74, 6) is 0.364. The molecule has 4 rings (SSSR count). The molecule has 0 unspecified atom stereocenters. The number of thioether (sulfide) groups is 1. The molecule has 1 fully saturated rings. The zero-order valence-corrected chi connectivity index (χ0v) is 17.6. The number of amides is 1. The number of anilines is 1. The lowest BCUT2D eigenvalue weighted by atomic mass is 10.1. The molecule has 9 heteroatoms. The van der Waals surface area contributed by atoms with Gasteiger partial charge in [-0.05, 0) is 48.7 Å². The lowest BCUT2D eigenvalue weighted by Gasteiger charge is -2.15. The maximum absolute atomic E-state index is 13.2. The van der Waals surface area contributed by atoms with Crippen LogP contribution in [0.5, 0.6) is 0 Å². The molecule has 31 heavy (non-hydrogen) atoms. The van der Waals surface area contributed by atoms with Gasteiger partial charge in [0.1, 0.15) is 17.5 Å². The van der Waals surface area contributed by atoms with E-state index in [1.54, 1.807) is 24.4 Å². The molecule has 0 bridgehead atoms. The third-order valence-corrected chi connectivity index (χ3v) is 5.90. The summed E-state index contributed by atoms with van der Waals surface area (Å²) >= 11 is 1.39. The molecule has 0 radical (unpaired) electrons. The highest BCUT2D eigenvalue weighted by Gasteiger charge is 2.20. The van der Waals surface area contributed by atoms with E-state index in [2.05, 4.69) is 26.7 Å². The van der Waals surface area contributed by atoms with Crippen molar-refractivity contribution < 1.29 is 9.18 Å². The van der Waals surface area contributed by atoms with Crippen molar-refractivity contribution in [2.24, 2.45) is 0 Å². The van der Waals surface area contributed by atoms with Crippen LogP contribution in [0.15, 0.2) is 47.0 Å². The molecule has 7 nitrogen and oxygen atoms in total. The number of aromatic nitrogens is 2. The normalized spacial score (nSPS) is 17.2. The second-order valence-corrected chi connectivity index (χ2v) is 8.01. The van der Waals surface area contributed by atoms with Gasteiger partial charge in [-0.15, -0.1) is 0 Å². The van der Waals surface area contributed by atoms with E-state index in [1.165, 1.54) is 23.9 Å². The summed E-state index contributed by atoms with van der Waals surface area (Å²) in [5.41, 5.74) is 2.56. The van der Waals surface area contributed by atoms with Gasteiger partial charge in [0.05, 0.1) is 16.4 Å². The standard InChI is InChI=1S/C22H21FN6OS/c23-16-6-4-15(5-7-16)19-14-31-21(27-19)17(13-24)18-8-10-26-22(28-18)25-9-2-12-29-11-1-3-20(29)30/h4-8,10,14,27H,1-3,9,11-12H2,(H,25,26,28). The molecule has 2 aliphatic rings. The molecule has 0 aliphatic carbocycles. The van der Waals surface area contributed by atoms with Crippen LogP contribution < -0.4 is 10.6 Å². The monoisotopic (exact) mass is 436 g/mol. The number of halogens is 1. The van der Waals surface area contributed by atoms with E-state index in [0.29, 0.717) is 35.2 Å². The van der Waals surface area contributed by atoms with Crippen LogP contribution in [0, 0.1) is 17.1 Å². The summed E-state index contributed by atoms with van der Waals surface area (Å²) < 4.78 is 13.2. The zero-order valence-electron chi connectivity index (χ0n) is 16.8. The fourth-order valence-corrected chi connectivity index (χ4v) is 4.28. The smallest absolute Gasteiger partial charge is 0.223 e. The molecule has 2 aliphatic heterocycles. The fourth-order valence-electron chi connectivity index (χ4n) is 3.41. The first kappa shape index (κ1) is 20.9. The lowest BCUT2D eigenvalue weighted by molar-refractivity contribution is -0.127. The van der Waals surface area contributed by atoms with Crippen molar-refractivity contribution in [2.75, 3.05) is 25.0 Å². The van der Waals surface area contributed by atoms with E-state index in [9.17, 15) is 14.4 Å². The van der Waals surface area contributed by atoms with Gasteiger partial charge >= 0.3 is 0 Å². The molecule has 0 saturated carbocycles. The van der Waals surface area contributed by atoms with Crippen molar-refractivity contribution in [1.82, 2.24) is 20.2 Å². The molecule has 2 aromatic rings. The second kappa shape index (κ2) is 9.62. The number of carbonyl (C=O) groups is 1. The van der Waals surface area contributed by atoms with Crippen LogP contribution in [0.2, 0.25) is 0 Å². The first-order valence-corrected chi connectivity index (χ1v) is 10.9. The van der Waals surface area contributed by atoms with Crippen LogP contribution in [0.25, 0.3) is 11.3 Å². The topological polar surface area (TPSA) is 93.9 Å². The highest BCUT2D eigenvalue weighted by Crippen LogP contribution is 2.34. The number of nitrogens with zero attached hydrogens (tertiary/aromatic N) is 4. The Morgan fingerprint density at radius 3 is 2.90 bits per heavy atom. The van der Waals surface area contributed by atoms with E-state index >= 15 is 0 Å². The number of allylic oxidation sites excluding steroid dienone is 1. The highest BCUT2D eigenvalue weighted by atomic mass is 32.2. The summed E-state index contributed by atoms with van der Waals surface area (Å²) in [6, 6.07) is 10.1. The van der Waals surface area contributed by atoms with E-state index in [0.717, 1.165) is 37.2 Å². The van der Waals surface area contributed by atoms with Gasteiger partial charge in [-0.2, -0.15) is 5.26 Å². The maximum atomic E-state index is 13.2. The van der Waals surface area contributed by atoms with Crippen molar-refractivity contribution in [2.45, 2.75) is 19.3 Å². The summed E-state index contributed by atoms with van der Waals surface area (Å²) in [6.45, 7) is 2.19. The molecule has 1 saturated heterocycles. The molecule has 0 atom stereocenters. The van der Waals surface area contributed by atoms with Crippen molar-refractivity contribution in [3.05, 3.63) is 64.0 Å². The Bertz CT molecular complexity index is 1080. The Hall–Kier alpha value is -3.38. The minimum atomic E-state index is -0.295. The number of rotatable bonds is 7. The molecule has 158 valence electrons. The Labute approximate surface area is 184 Å². The van der Waals surface area contributed by atoms with Crippen molar-refractivity contribution in [3.63, 3.8) is 0 Å². The van der Waals surface area contributed by atoms with Gasteiger partial charge in [0.25, 0.3) is 0 Å². The average molecular weight is 437 g/mol. The lowest BCUT2D eigenvalue weighted by Crippen LogP contribution is -2.27. The molecule has 2 N–H and O–H groups in total. The van der Waals surface area contributed by atoms with Gasteiger partial charge in [0.2, 0.25) is 11.9 Å². The summed E-state index contributed by atoms with van der Waals surface area (Å²) in [4.78, 5) is 22.2. The Balaban J connectivity index is 1.39. The first-order chi connectivity index (χ1) is 15.1. The van der Waals surface area contributed by atoms with Crippen LogP contribution in [-0.2, 0) is 4.79 Å². The third kappa shape index (κ3) is 5.03. The fraction of sp³-hybridized carbons (Fsp3) is 0.273. The van der Waals surface area contributed by atoms with E-state index < -0.39 is 0 Å². The molecule has 1 aromatic heterocycles. The molecular formula is C22H21FN6OS. The first-order valence-electron chi connectivity index (χ1n) is 10.0. The number of nitrogens with one attached hydrogen (secondary N) is 2. The summed E-state index contributed by atoms with van der Waals surface area (Å²) in [7, 11) is 0. The largest absolute Gasteiger partial charge is 0.354 e. The predicted octanol–water partition coefficient (Wildman–Crippen LogP) is 3.57. The third-order valence-electron chi connectivity index (χ3n) is 5.01.